The number of carbonyl (C=O) groups excluding carboxylic acids is 5. The third kappa shape index (κ3) is 11.0. The number of aromatic nitrogens is 2. The number of pyridine rings is 2. The van der Waals surface area contributed by atoms with Gasteiger partial charge in [-0.2, -0.15) is 0 Å². The van der Waals surface area contributed by atoms with Crippen LogP contribution in [0.25, 0.3) is 0 Å². The first-order valence-corrected chi connectivity index (χ1v) is 18.4. The topological polar surface area (TPSA) is 174 Å². The first-order valence-electron chi connectivity index (χ1n) is 16.7. The number of nitrogens with zero attached hydrogens (tertiary/aromatic N) is 2. The van der Waals surface area contributed by atoms with Crippen LogP contribution in [-0.2, 0) is 35.3 Å². The summed E-state index contributed by atoms with van der Waals surface area (Å²) in [6.45, 7) is 4.09. The molecule has 0 spiro atoms. The first kappa shape index (κ1) is 38.2. The Morgan fingerprint density at radius 1 is 0.692 bits per heavy atom. The number of rotatable bonds is 14. The Labute approximate surface area is 309 Å². The second-order valence-electron chi connectivity index (χ2n) is 11.9. The van der Waals surface area contributed by atoms with Gasteiger partial charge in [-0.15, -0.1) is 0 Å². The van der Waals surface area contributed by atoms with Crippen molar-refractivity contribution in [1.82, 2.24) is 20.6 Å². The van der Waals surface area contributed by atoms with Crippen LogP contribution >= 0.6 is 23.5 Å². The van der Waals surface area contributed by atoms with Gasteiger partial charge in [0, 0.05) is 12.4 Å². The van der Waals surface area contributed by atoms with E-state index >= 15 is 0 Å². The summed E-state index contributed by atoms with van der Waals surface area (Å²) in [6, 6.07) is 21.8. The van der Waals surface area contributed by atoms with Crippen molar-refractivity contribution in [2.24, 2.45) is 0 Å². The summed E-state index contributed by atoms with van der Waals surface area (Å²) >= 11 is 2.02. The van der Waals surface area contributed by atoms with Crippen molar-refractivity contribution >= 4 is 51.6 Å². The highest BCUT2D eigenvalue weighted by Gasteiger charge is 2.32. The number of hydrogen-bond donors (Lipinski definition) is 3. The van der Waals surface area contributed by atoms with E-state index in [1.165, 1.54) is 0 Å². The molecule has 12 nitrogen and oxygen atoms in total. The Hall–Kier alpha value is -5.05. The summed E-state index contributed by atoms with van der Waals surface area (Å²) in [6.07, 6.45) is 5.39. The van der Waals surface area contributed by atoms with Gasteiger partial charge < -0.3 is 14.6 Å². The molecule has 4 amide bonds. The highest BCUT2D eigenvalue weighted by atomic mass is 32.2. The van der Waals surface area contributed by atoms with Gasteiger partial charge in [-0.05, 0) is 84.3 Å². The molecular formula is C38H38N4O8S2. The minimum atomic E-state index is -0.801. The van der Waals surface area contributed by atoms with E-state index < -0.39 is 11.4 Å². The molecule has 0 aliphatic carbocycles. The number of carbonyl (C=O) groups is 5. The molecule has 2 fully saturated rings. The van der Waals surface area contributed by atoms with Crippen molar-refractivity contribution in [1.29, 1.82) is 0 Å². The molecule has 3 unspecified atom stereocenters. The number of amides is 4. The van der Waals surface area contributed by atoms with E-state index in [2.05, 4.69) is 27.5 Å². The molecule has 2 aliphatic heterocycles. The molecular weight excluding hydrogens is 705 g/mol. The lowest BCUT2D eigenvalue weighted by Gasteiger charge is -2.13. The van der Waals surface area contributed by atoms with Gasteiger partial charge in [0.1, 0.15) is 29.9 Å². The molecule has 2 aromatic heterocycles. The zero-order valence-electron chi connectivity index (χ0n) is 28.6. The SMILES string of the molecule is CCc1ccc(C(=O)COc2ccc(CC3SC(=O)NC3=O)cc2)nc1.CCc1ccc(C(O)COc2ccc(CC3SC(=O)NC3=O)cc2)nc1. The van der Waals surface area contributed by atoms with E-state index in [-0.39, 0.29) is 46.5 Å². The van der Waals surface area contributed by atoms with E-state index in [0.717, 1.165) is 58.6 Å². The maximum Gasteiger partial charge on any atom is 0.286 e. The second kappa shape index (κ2) is 18.4. The highest BCUT2D eigenvalue weighted by Crippen LogP contribution is 2.25. The van der Waals surface area contributed by atoms with E-state index in [1.807, 2.05) is 49.4 Å². The minimum absolute atomic E-state index is 0.0901. The van der Waals surface area contributed by atoms with E-state index in [4.69, 9.17) is 9.47 Å². The maximum atomic E-state index is 12.1. The molecule has 2 aliphatic rings. The number of aliphatic hydroxyl groups excluding tert-OH is 1. The van der Waals surface area contributed by atoms with Crippen molar-refractivity contribution in [3.63, 3.8) is 0 Å². The Kier molecular flexibility index (Phi) is 13.5. The zero-order valence-corrected chi connectivity index (χ0v) is 30.2. The summed E-state index contributed by atoms with van der Waals surface area (Å²) in [5.41, 5.74) is 5.02. The smallest absolute Gasteiger partial charge is 0.286 e. The van der Waals surface area contributed by atoms with Gasteiger partial charge in [-0.25, -0.2) is 0 Å². The molecule has 0 bridgehead atoms. The van der Waals surface area contributed by atoms with Gasteiger partial charge in [-0.1, -0.05) is 73.8 Å². The normalized spacial score (nSPS) is 17.1. The molecule has 52 heavy (non-hydrogen) atoms. The number of thioether (sulfide) groups is 2. The van der Waals surface area contributed by atoms with Crippen LogP contribution in [0.5, 0.6) is 11.5 Å². The van der Waals surface area contributed by atoms with Crippen LogP contribution in [0.4, 0.5) is 9.59 Å². The average molecular weight is 743 g/mol. The van der Waals surface area contributed by atoms with Crippen LogP contribution in [0.1, 0.15) is 58.4 Å². The number of Topliss-reactive ketones (excluding diaryl/α,β-unsaturated/α-hetero) is 1. The molecule has 4 heterocycles. The monoisotopic (exact) mass is 742 g/mol. The Bertz CT molecular complexity index is 1870. The second-order valence-corrected chi connectivity index (χ2v) is 14.2. The molecule has 2 saturated heterocycles. The van der Waals surface area contributed by atoms with Crippen molar-refractivity contribution in [2.45, 2.75) is 56.1 Å². The van der Waals surface area contributed by atoms with Gasteiger partial charge in [0.15, 0.2) is 6.61 Å². The quantitative estimate of drug-likeness (QED) is 0.140. The molecule has 4 aromatic rings. The van der Waals surface area contributed by atoms with Crippen LogP contribution < -0.4 is 20.1 Å². The van der Waals surface area contributed by atoms with Crippen LogP contribution in [0.15, 0.2) is 85.2 Å². The Balaban J connectivity index is 0.000000201. The van der Waals surface area contributed by atoms with E-state index in [9.17, 15) is 29.1 Å². The number of aryl methyl sites for hydroxylation is 2. The predicted molar refractivity (Wildman–Crippen MR) is 198 cm³/mol. The fraction of sp³-hybridized carbons (Fsp3) is 0.289. The van der Waals surface area contributed by atoms with E-state index in [0.29, 0.717) is 35.7 Å². The van der Waals surface area contributed by atoms with Gasteiger partial charge in [0.25, 0.3) is 10.5 Å². The minimum Gasteiger partial charge on any atom is -0.490 e. The fourth-order valence-electron chi connectivity index (χ4n) is 5.05. The number of aliphatic hydroxyl groups is 1. The third-order valence-corrected chi connectivity index (χ3v) is 10.1. The van der Waals surface area contributed by atoms with Gasteiger partial charge >= 0.3 is 0 Å². The van der Waals surface area contributed by atoms with Crippen molar-refractivity contribution < 1.29 is 38.6 Å². The molecule has 3 N–H and O–H groups in total. The van der Waals surface area contributed by atoms with Gasteiger partial charge in [0.05, 0.1) is 16.2 Å². The number of benzene rings is 2. The molecule has 0 saturated carbocycles. The maximum absolute atomic E-state index is 12.1. The molecule has 270 valence electrons. The first-order chi connectivity index (χ1) is 25.1. The predicted octanol–water partition coefficient (Wildman–Crippen LogP) is 5.45. The Morgan fingerprint density at radius 3 is 1.60 bits per heavy atom. The van der Waals surface area contributed by atoms with Crippen molar-refractivity contribution in [3.05, 3.63) is 119 Å². The highest BCUT2D eigenvalue weighted by molar-refractivity contribution is 8.15. The number of nitrogens with one attached hydrogen (secondary N) is 2. The summed E-state index contributed by atoms with van der Waals surface area (Å²) < 4.78 is 11.1. The largest absolute Gasteiger partial charge is 0.490 e. The summed E-state index contributed by atoms with van der Waals surface area (Å²) in [4.78, 5) is 66.1. The molecule has 6 rings (SSSR count). The van der Waals surface area contributed by atoms with Crippen molar-refractivity contribution in [3.8, 4) is 11.5 Å². The van der Waals surface area contributed by atoms with Crippen LogP contribution in [0, 0.1) is 0 Å². The number of ketones is 1. The molecule has 14 heteroatoms. The van der Waals surface area contributed by atoms with Crippen molar-refractivity contribution in [2.75, 3.05) is 13.2 Å². The number of ether oxygens (including phenoxy) is 2. The van der Waals surface area contributed by atoms with Crippen LogP contribution in [-0.4, -0.2) is 66.9 Å². The third-order valence-electron chi connectivity index (χ3n) is 8.12. The molecule has 0 radical (unpaired) electrons. The number of hydrogen-bond acceptors (Lipinski definition) is 12. The van der Waals surface area contributed by atoms with Crippen LogP contribution in [0.3, 0.4) is 0 Å². The summed E-state index contributed by atoms with van der Waals surface area (Å²) in [5.74, 6) is 0.497. The zero-order chi connectivity index (χ0) is 37.0. The van der Waals surface area contributed by atoms with E-state index in [1.54, 1.807) is 42.7 Å². The standard InChI is InChI=1S/C19H20N2O4S.C19H18N2O4S/c2*1-2-12-5-8-15(20-10-12)16(22)11-25-14-6-3-13(4-7-14)9-17-18(23)21-19(24)26-17/h3-8,10,16-17,22H,2,9,11H2,1H3,(H,21,23,24);3-8,10,17H,2,9,11H2,1H3,(H,21,23,24). The average Bonchev–Trinajstić information content (AvgIpc) is 3.66. The fourth-order valence-corrected chi connectivity index (χ4v) is 6.77. The summed E-state index contributed by atoms with van der Waals surface area (Å²) in [7, 11) is 0. The lowest BCUT2D eigenvalue weighted by Crippen LogP contribution is -2.25. The Morgan fingerprint density at radius 2 is 1.17 bits per heavy atom. The molecule has 3 atom stereocenters. The van der Waals surface area contributed by atoms with Crippen LogP contribution in [0.2, 0.25) is 0 Å². The molecule has 2 aromatic carbocycles. The summed E-state index contributed by atoms with van der Waals surface area (Å²) in [5, 5.41) is 13.3. The number of imide groups is 2. The lowest BCUT2D eigenvalue weighted by molar-refractivity contribution is -0.119. The van der Waals surface area contributed by atoms with Gasteiger partial charge in [0.2, 0.25) is 17.6 Å². The lowest BCUT2D eigenvalue weighted by atomic mass is 10.1. The van der Waals surface area contributed by atoms with Gasteiger partial charge in [-0.3, -0.25) is 44.6 Å².